The minimum atomic E-state index is -0.935. The van der Waals surface area contributed by atoms with Crippen molar-refractivity contribution in [1.82, 2.24) is 15.3 Å². The van der Waals surface area contributed by atoms with E-state index in [0.717, 1.165) is 27.8 Å². The first-order valence-electron chi connectivity index (χ1n) is 13.8. The monoisotopic (exact) mass is 618 g/mol. The number of aromatic amines is 2. The number of carboxylic acid groups (broad SMARTS) is 2. The molecular weight excluding hydrogens is 584 g/mol. The van der Waals surface area contributed by atoms with Crippen molar-refractivity contribution in [2.45, 2.75) is 53.4 Å². The van der Waals surface area contributed by atoms with Crippen molar-refractivity contribution in [3.8, 4) is 0 Å². The molecule has 0 unspecified atom stereocenters. The second-order valence-corrected chi connectivity index (χ2v) is 10.6. The fraction of sp³-hybridized carbons (Fsp3) is 0.242. The van der Waals surface area contributed by atoms with E-state index in [1.165, 1.54) is 6.08 Å². The lowest BCUT2D eigenvalue weighted by atomic mass is 10.0. The van der Waals surface area contributed by atoms with Crippen LogP contribution in [-0.2, 0) is 32.0 Å². The van der Waals surface area contributed by atoms with E-state index in [1.54, 1.807) is 19.1 Å². The average molecular weight is 619 g/mol. The van der Waals surface area contributed by atoms with Crippen LogP contribution in [-0.4, -0.2) is 49.6 Å². The fourth-order valence-corrected chi connectivity index (χ4v) is 5.41. The molecule has 6 N–H and O–H groups in total. The Morgan fingerprint density at radius 3 is 1.95 bits per heavy atom. The van der Waals surface area contributed by atoms with Gasteiger partial charge in [0.1, 0.15) is 0 Å². The van der Waals surface area contributed by atoms with E-state index in [2.05, 4.69) is 33.4 Å². The van der Waals surface area contributed by atoms with Crippen LogP contribution in [0.4, 0.5) is 0 Å². The first-order valence-corrected chi connectivity index (χ1v) is 13.8. The van der Waals surface area contributed by atoms with Crippen LogP contribution in [0.3, 0.4) is 0 Å². The maximum Gasteiger partial charge on any atom is 0.418 e. The second-order valence-electron chi connectivity index (χ2n) is 10.6. The average Bonchev–Trinajstić information content (AvgIpc) is 3.59. The number of carboxylic acids is 2. The SMILES string of the molecule is C=CC1=C(C)C(/C=c2\[nH]/c(=C/c3[nH]c(/C=C4/NC(=O)C(C)=C4C=C)c(C)c3CCC(=O)O)c(CCC(=O)O)c2C)=[NH+]C1=O.[Cl-]. The first kappa shape index (κ1) is 33.5. The van der Waals surface area contributed by atoms with E-state index < -0.39 is 11.9 Å². The number of carbonyl (C=O) groups is 4. The van der Waals surface area contributed by atoms with Gasteiger partial charge in [0.05, 0.1) is 11.3 Å². The maximum absolute atomic E-state index is 12.3. The number of halogens is 1. The van der Waals surface area contributed by atoms with Gasteiger partial charge in [0, 0.05) is 57.7 Å². The molecule has 0 saturated heterocycles. The van der Waals surface area contributed by atoms with Gasteiger partial charge < -0.3 is 37.9 Å². The van der Waals surface area contributed by atoms with Crippen LogP contribution in [0.2, 0.25) is 0 Å². The lowest BCUT2D eigenvalue weighted by molar-refractivity contribution is -0.366. The summed E-state index contributed by atoms with van der Waals surface area (Å²) in [6.45, 7) is 14.8. The molecule has 4 rings (SSSR count). The molecule has 0 bridgehead atoms. The number of aromatic nitrogens is 2. The molecule has 0 aromatic carbocycles. The van der Waals surface area contributed by atoms with Crippen molar-refractivity contribution in [2.75, 3.05) is 0 Å². The Hall–Kier alpha value is -4.96. The predicted octanol–water partition coefficient (Wildman–Crippen LogP) is -1.86. The van der Waals surface area contributed by atoms with Gasteiger partial charge in [-0.05, 0) is 74.9 Å². The van der Waals surface area contributed by atoms with Gasteiger partial charge in [-0.3, -0.25) is 14.4 Å². The quantitative estimate of drug-likeness (QED) is 0.173. The summed E-state index contributed by atoms with van der Waals surface area (Å²) in [6, 6.07) is 0. The van der Waals surface area contributed by atoms with E-state index in [0.29, 0.717) is 50.2 Å². The number of hydrogen-bond donors (Lipinski definition) is 6. The van der Waals surface area contributed by atoms with Crippen molar-refractivity contribution in [1.29, 1.82) is 0 Å². The lowest BCUT2D eigenvalue weighted by Gasteiger charge is -2.02. The molecule has 0 radical (unpaired) electrons. The van der Waals surface area contributed by atoms with Gasteiger partial charge in [-0.15, -0.1) is 0 Å². The third-order valence-corrected chi connectivity index (χ3v) is 7.94. The molecule has 4 heterocycles. The summed E-state index contributed by atoms with van der Waals surface area (Å²) < 4.78 is 0. The van der Waals surface area contributed by atoms with Crippen molar-refractivity contribution in [3.05, 3.63) is 97.6 Å². The molecule has 0 saturated carbocycles. The Morgan fingerprint density at radius 2 is 1.39 bits per heavy atom. The summed E-state index contributed by atoms with van der Waals surface area (Å²) in [6.07, 6.45) is 8.93. The van der Waals surface area contributed by atoms with Crippen LogP contribution in [0.1, 0.15) is 60.3 Å². The van der Waals surface area contributed by atoms with Gasteiger partial charge in [0.25, 0.3) is 5.91 Å². The Balaban J connectivity index is 0.00000529. The third kappa shape index (κ3) is 6.65. The van der Waals surface area contributed by atoms with Crippen LogP contribution in [0.15, 0.2) is 53.3 Å². The summed E-state index contributed by atoms with van der Waals surface area (Å²) in [7, 11) is 0. The molecule has 0 fully saturated rings. The summed E-state index contributed by atoms with van der Waals surface area (Å²) in [5.74, 6) is -2.32. The third-order valence-electron chi connectivity index (χ3n) is 7.94. The highest BCUT2D eigenvalue weighted by Crippen LogP contribution is 2.27. The largest absolute Gasteiger partial charge is 1.00 e. The number of carbonyl (C=O) groups excluding carboxylic acids is 2. The number of nitrogens with one attached hydrogen (secondary N) is 4. The maximum atomic E-state index is 12.3. The molecule has 11 heteroatoms. The smallest absolute Gasteiger partial charge is 0.418 e. The van der Waals surface area contributed by atoms with E-state index in [9.17, 15) is 29.4 Å². The van der Waals surface area contributed by atoms with Gasteiger partial charge in [-0.2, -0.15) is 4.99 Å². The van der Waals surface area contributed by atoms with E-state index >= 15 is 0 Å². The molecule has 2 aromatic rings. The molecule has 2 amide bonds. The van der Waals surface area contributed by atoms with Crippen LogP contribution in [0.25, 0.3) is 18.2 Å². The minimum Gasteiger partial charge on any atom is -1.00 e. The summed E-state index contributed by atoms with van der Waals surface area (Å²) >= 11 is 0. The molecule has 2 aliphatic heterocycles. The molecule has 10 nitrogen and oxygen atoms in total. The molecule has 0 spiro atoms. The Kier molecular flexibility index (Phi) is 10.3. The number of allylic oxidation sites excluding steroid dienone is 2. The Labute approximate surface area is 260 Å². The van der Waals surface area contributed by atoms with Crippen LogP contribution >= 0.6 is 0 Å². The number of rotatable bonds is 11. The van der Waals surface area contributed by atoms with Crippen molar-refractivity contribution in [3.63, 3.8) is 0 Å². The molecule has 230 valence electrons. The number of amides is 2. The first-order chi connectivity index (χ1) is 20.4. The van der Waals surface area contributed by atoms with Crippen LogP contribution < -0.4 is 33.4 Å². The van der Waals surface area contributed by atoms with E-state index in [-0.39, 0.29) is 49.9 Å². The highest BCUT2D eigenvalue weighted by molar-refractivity contribution is 6.24. The highest BCUT2D eigenvalue weighted by atomic mass is 35.5. The van der Waals surface area contributed by atoms with E-state index in [4.69, 9.17) is 0 Å². The minimum absolute atomic E-state index is 0. The molecule has 44 heavy (non-hydrogen) atoms. The van der Waals surface area contributed by atoms with Gasteiger partial charge in [0.15, 0.2) is 0 Å². The van der Waals surface area contributed by atoms with Gasteiger partial charge >= 0.3 is 17.8 Å². The zero-order chi connectivity index (χ0) is 31.6. The molecule has 0 aliphatic carbocycles. The molecule has 2 aromatic heterocycles. The van der Waals surface area contributed by atoms with Crippen LogP contribution in [0, 0.1) is 13.8 Å². The normalized spacial score (nSPS) is 16.5. The number of H-pyrrole nitrogens is 2. The fourth-order valence-electron chi connectivity index (χ4n) is 5.41. The zero-order valence-electron chi connectivity index (χ0n) is 25.0. The van der Waals surface area contributed by atoms with Crippen molar-refractivity contribution < 1.29 is 46.8 Å². The Morgan fingerprint density at radius 1 is 0.773 bits per heavy atom. The van der Waals surface area contributed by atoms with Crippen molar-refractivity contribution in [2.24, 2.45) is 0 Å². The lowest BCUT2D eigenvalue weighted by Crippen LogP contribution is -3.00. The highest BCUT2D eigenvalue weighted by Gasteiger charge is 2.28. The Bertz CT molecular complexity index is 1860. The molecule has 2 aliphatic rings. The predicted molar refractivity (Wildman–Crippen MR) is 163 cm³/mol. The number of hydrogen-bond acceptors (Lipinski definition) is 4. The topological polar surface area (TPSA) is 166 Å². The zero-order valence-corrected chi connectivity index (χ0v) is 25.8. The molecular formula is C33H35ClN4O6. The summed E-state index contributed by atoms with van der Waals surface area (Å²) in [5, 5.41) is 23.1. The van der Waals surface area contributed by atoms with E-state index in [1.807, 2.05) is 32.9 Å². The second kappa shape index (κ2) is 13.6. The van der Waals surface area contributed by atoms with Gasteiger partial charge in [-0.25, -0.2) is 4.79 Å². The van der Waals surface area contributed by atoms with Crippen LogP contribution in [0.5, 0.6) is 0 Å². The summed E-state index contributed by atoms with van der Waals surface area (Å²) in [4.78, 5) is 57.2. The summed E-state index contributed by atoms with van der Waals surface area (Å²) in [5.41, 5.74) is 8.27. The number of aliphatic carboxylic acids is 2. The van der Waals surface area contributed by atoms with Crippen molar-refractivity contribution >= 4 is 47.7 Å². The van der Waals surface area contributed by atoms with Gasteiger partial charge in [-0.1, -0.05) is 25.3 Å². The van der Waals surface area contributed by atoms with Gasteiger partial charge in [0.2, 0.25) is 5.71 Å². The molecule has 0 atom stereocenters. The standard InChI is InChI=1S/C33H34N4O6.ClH/c1-7-20-19(6)32(42)37-27(20)14-25-18(5)23(10-12-31(40)41)29(35-25)15-28-22(9-11-30(38)39)17(4)24(34-28)13-26-16(3)21(8-2)33(43)36-26;/h7-8,13-15,34-35H,1-2,9-12H2,3-6H3,(H,37,42)(H,38,39)(H,40,41);1H/b24-13-,27-14+,28-15+;.